The Morgan fingerprint density at radius 2 is 2.14 bits per heavy atom. The van der Waals surface area contributed by atoms with Gasteiger partial charge in [-0.3, -0.25) is 4.90 Å². The predicted molar refractivity (Wildman–Crippen MR) is 63.1 cm³/mol. The number of likely N-dealkylation sites (tertiary alicyclic amines) is 1. The number of halogens is 1. The number of rotatable bonds is 2. The average molecular weight is 219 g/mol. The van der Waals surface area contributed by atoms with Crippen molar-refractivity contribution in [3.63, 3.8) is 0 Å². The maximum absolute atomic E-state index is 3.36. The van der Waals surface area contributed by atoms with Crippen LogP contribution in [0.25, 0.3) is 0 Å². The molecule has 2 heterocycles. The minimum absolute atomic E-state index is 0. The van der Waals surface area contributed by atoms with Gasteiger partial charge in [0.05, 0.1) is 0 Å². The summed E-state index contributed by atoms with van der Waals surface area (Å²) < 4.78 is 0. The maximum atomic E-state index is 3.36. The molecule has 0 amide bonds. The van der Waals surface area contributed by atoms with Gasteiger partial charge in [0, 0.05) is 25.7 Å². The first-order valence-corrected chi connectivity index (χ1v) is 5.68. The van der Waals surface area contributed by atoms with Crippen molar-refractivity contribution in [2.24, 2.45) is 5.41 Å². The molecule has 0 spiro atoms. The molecule has 1 unspecified atom stereocenters. The number of nitrogens with zero attached hydrogens (tertiary/aromatic N) is 1. The topological polar surface area (TPSA) is 15.3 Å². The van der Waals surface area contributed by atoms with E-state index >= 15 is 0 Å². The van der Waals surface area contributed by atoms with Crippen LogP contribution >= 0.6 is 12.4 Å². The minimum atomic E-state index is 0. The summed E-state index contributed by atoms with van der Waals surface area (Å²) in [4.78, 5) is 2.70. The van der Waals surface area contributed by atoms with Crippen molar-refractivity contribution < 1.29 is 0 Å². The maximum Gasteiger partial charge on any atom is 0.0345 e. The zero-order chi connectivity index (χ0) is 9.31. The van der Waals surface area contributed by atoms with Gasteiger partial charge in [0.2, 0.25) is 0 Å². The van der Waals surface area contributed by atoms with E-state index in [1.165, 1.54) is 45.4 Å². The first-order chi connectivity index (χ1) is 6.23. The Morgan fingerprint density at radius 1 is 1.43 bits per heavy atom. The molecule has 14 heavy (non-hydrogen) atoms. The van der Waals surface area contributed by atoms with Crippen molar-refractivity contribution in [3.05, 3.63) is 0 Å². The predicted octanol–water partition coefficient (Wildman–Crippen LogP) is 1.89. The van der Waals surface area contributed by atoms with Crippen LogP contribution in [0.1, 0.15) is 33.1 Å². The highest BCUT2D eigenvalue weighted by molar-refractivity contribution is 5.85. The molecule has 2 aliphatic heterocycles. The molecule has 2 rings (SSSR count). The summed E-state index contributed by atoms with van der Waals surface area (Å²) in [5.74, 6) is 0. The second kappa shape index (κ2) is 4.82. The normalized spacial score (nSPS) is 34.7. The number of piperidine rings is 1. The molecule has 0 saturated carbocycles. The fourth-order valence-corrected chi connectivity index (χ4v) is 2.49. The van der Waals surface area contributed by atoms with Crippen LogP contribution in [0.3, 0.4) is 0 Å². The lowest BCUT2D eigenvalue weighted by molar-refractivity contribution is 0.0440. The van der Waals surface area contributed by atoms with Crippen molar-refractivity contribution in [2.45, 2.75) is 39.2 Å². The summed E-state index contributed by atoms with van der Waals surface area (Å²) >= 11 is 0. The fraction of sp³-hybridized carbons (Fsp3) is 1.00. The first kappa shape index (κ1) is 12.3. The molecule has 2 aliphatic rings. The van der Waals surface area contributed by atoms with E-state index in [2.05, 4.69) is 24.1 Å². The van der Waals surface area contributed by atoms with E-state index in [9.17, 15) is 0 Å². The Labute approximate surface area is 93.8 Å². The van der Waals surface area contributed by atoms with Gasteiger partial charge in [-0.05, 0) is 31.2 Å². The van der Waals surface area contributed by atoms with Gasteiger partial charge in [-0.1, -0.05) is 13.8 Å². The van der Waals surface area contributed by atoms with Crippen LogP contribution in [0.15, 0.2) is 0 Å². The molecule has 0 aliphatic carbocycles. The van der Waals surface area contributed by atoms with E-state index in [0.29, 0.717) is 5.41 Å². The van der Waals surface area contributed by atoms with E-state index in [0.717, 1.165) is 6.04 Å². The van der Waals surface area contributed by atoms with E-state index in [4.69, 9.17) is 0 Å². The van der Waals surface area contributed by atoms with Crippen LogP contribution in [-0.2, 0) is 0 Å². The molecule has 0 aromatic heterocycles. The molecule has 2 fully saturated rings. The zero-order valence-corrected chi connectivity index (χ0v) is 10.2. The molecule has 3 heteroatoms. The van der Waals surface area contributed by atoms with E-state index in [1.54, 1.807) is 0 Å². The quantitative estimate of drug-likeness (QED) is 0.762. The molecule has 1 N–H and O–H groups in total. The Balaban J connectivity index is 0.000000980. The highest BCUT2D eigenvalue weighted by atomic mass is 35.5. The average Bonchev–Trinajstić information content (AvgIpc) is 2.01. The lowest BCUT2D eigenvalue weighted by Gasteiger charge is -2.46. The third kappa shape index (κ3) is 2.41. The molecule has 0 radical (unpaired) electrons. The molecular formula is C11H23ClN2. The molecule has 84 valence electrons. The highest BCUT2D eigenvalue weighted by Gasteiger charge is 2.34. The Morgan fingerprint density at radius 3 is 2.64 bits per heavy atom. The van der Waals surface area contributed by atoms with Crippen molar-refractivity contribution in [1.29, 1.82) is 0 Å². The van der Waals surface area contributed by atoms with Crippen molar-refractivity contribution in [1.82, 2.24) is 10.2 Å². The molecule has 0 aromatic carbocycles. The molecule has 2 saturated heterocycles. The molecule has 1 atom stereocenters. The zero-order valence-electron chi connectivity index (χ0n) is 9.38. The second-order valence-electron chi connectivity index (χ2n) is 5.05. The summed E-state index contributed by atoms with van der Waals surface area (Å²) in [5, 5.41) is 3.36. The second-order valence-corrected chi connectivity index (χ2v) is 5.05. The standard InChI is InChI=1S/C11H22N2.ClH/c1-3-11(2)5-4-6-13(9-11)10-7-12-8-10;/h10,12H,3-9H2,1-2H3;1H. The van der Waals surface area contributed by atoms with Gasteiger partial charge >= 0.3 is 0 Å². The van der Waals surface area contributed by atoms with E-state index in [-0.39, 0.29) is 12.4 Å². The summed E-state index contributed by atoms with van der Waals surface area (Å²) in [5.41, 5.74) is 0.605. The molecule has 0 bridgehead atoms. The van der Waals surface area contributed by atoms with E-state index in [1.807, 2.05) is 0 Å². The van der Waals surface area contributed by atoms with Crippen LogP contribution in [0.2, 0.25) is 0 Å². The smallest absolute Gasteiger partial charge is 0.0345 e. The van der Waals surface area contributed by atoms with Crippen LogP contribution in [0.4, 0.5) is 0 Å². The Hall–Kier alpha value is 0.210. The summed E-state index contributed by atoms with van der Waals surface area (Å²) in [6, 6.07) is 0.853. The van der Waals surface area contributed by atoms with E-state index < -0.39 is 0 Å². The monoisotopic (exact) mass is 218 g/mol. The number of nitrogens with one attached hydrogen (secondary N) is 1. The van der Waals surface area contributed by atoms with Crippen LogP contribution < -0.4 is 5.32 Å². The minimum Gasteiger partial charge on any atom is -0.314 e. The van der Waals surface area contributed by atoms with Gasteiger partial charge in [0.25, 0.3) is 0 Å². The van der Waals surface area contributed by atoms with Crippen LogP contribution in [-0.4, -0.2) is 37.1 Å². The molecular weight excluding hydrogens is 196 g/mol. The Bertz CT molecular complexity index is 182. The van der Waals surface area contributed by atoms with Crippen LogP contribution in [0, 0.1) is 5.41 Å². The molecule has 0 aromatic rings. The molecule has 2 nitrogen and oxygen atoms in total. The van der Waals surface area contributed by atoms with Crippen molar-refractivity contribution >= 4 is 12.4 Å². The fourth-order valence-electron chi connectivity index (χ4n) is 2.49. The Kier molecular flexibility index (Phi) is 4.23. The van der Waals surface area contributed by atoms with Crippen molar-refractivity contribution in [3.8, 4) is 0 Å². The number of hydrogen-bond donors (Lipinski definition) is 1. The third-order valence-corrected chi connectivity index (χ3v) is 3.94. The van der Waals surface area contributed by atoms with Gasteiger partial charge in [-0.25, -0.2) is 0 Å². The van der Waals surface area contributed by atoms with Gasteiger partial charge in [-0.15, -0.1) is 12.4 Å². The first-order valence-electron chi connectivity index (χ1n) is 5.68. The lowest BCUT2D eigenvalue weighted by atomic mass is 9.79. The van der Waals surface area contributed by atoms with Gasteiger partial charge in [0.15, 0.2) is 0 Å². The highest BCUT2D eigenvalue weighted by Crippen LogP contribution is 2.33. The summed E-state index contributed by atoms with van der Waals surface area (Å²) in [6.45, 7) is 9.89. The van der Waals surface area contributed by atoms with Crippen LogP contribution in [0.5, 0.6) is 0 Å². The largest absolute Gasteiger partial charge is 0.314 e. The summed E-state index contributed by atoms with van der Waals surface area (Å²) in [6.07, 6.45) is 4.17. The van der Waals surface area contributed by atoms with Crippen molar-refractivity contribution in [2.75, 3.05) is 26.2 Å². The third-order valence-electron chi connectivity index (χ3n) is 3.94. The lowest BCUT2D eigenvalue weighted by Crippen LogP contribution is -2.60. The van der Waals surface area contributed by atoms with Gasteiger partial charge in [0.1, 0.15) is 0 Å². The van der Waals surface area contributed by atoms with Gasteiger partial charge < -0.3 is 5.32 Å². The van der Waals surface area contributed by atoms with Gasteiger partial charge in [-0.2, -0.15) is 0 Å². The summed E-state index contributed by atoms with van der Waals surface area (Å²) in [7, 11) is 0. The number of hydrogen-bond acceptors (Lipinski definition) is 2. The SMILES string of the molecule is CCC1(C)CCCN(C2CNC2)C1.Cl.